The Morgan fingerprint density at radius 3 is 1.08 bits per heavy atom. The van der Waals surface area contributed by atoms with E-state index in [0.717, 1.165) is 72.5 Å². The van der Waals surface area contributed by atoms with Gasteiger partial charge in [0.15, 0.2) is 0 Å². The summed E-state index contributed by atoms with van der Waals surface area (Å²) in [4.78, 5) is 9.14. The number of aromatic nitrogens is 2. The topological polar surface area (TPSA) is 44.2 Å². The predicted molar refractivity (Wildman–Crippen MR) is 248 cm³/mol. The van der Waals surface area contributed by atoms with E-state index in [1.54, 1.807) is 24.5 Å². The third-order valence-corrected chi connectivity index (χ3v) is 11.5. The van der Waals surface area contributed by atoms with E-state index in [9.17, 15) is 0 Å². The van der Waals surface area contributed by atoms with Crippen LogP contribution in [0.15, 0.2) is 152 Å². The molecule has 11 heteroatoms. The molecule has 1 aliphatic rings. The monoisotopic (exact) mass is 750 g/mol. The molecule has 0 amide bonds. The molecular formula is C48H37B7N2O2. The molecule has 1 saturated heterocycles. The normalized spacial score (nSPS) is 14.9. The van der Waals surface area contributed by atoms with Gasteiger partial charge < -0.3 is 9.31 Å². The first-order valence-corrected chi connectivity index (χ1v) is 19.5. The zero-order valence-electron chi connectivity index (χ0n) is 33.7. The van der Waals surface area contributed by atoms with E-state index in [4.69, 9.17) is 56.4 Å². The maximum absolute atomic E-state index is 6.65. The fourth-order valence-corrected chi connectivity index (χ4v) is 7.33. The molecule has 0 bridgehead atoms. The number of hydrogen-bond acceptors (Lipinski definition) is 4. The van der Waals surface area contributed by atoms with E-state index >= 15 is 0 Å². The molecule has 0 spiro atoms. The van der Waals surface area contributed by atoms with Crippen molar-refractivity contribution in [3.05, 3.63) is 163 Å². The first-order chi connectivity index (χ1) is 28.0. The van der Waals surface area contributed by atoms with Crippen molar-refractivity contribution in [2.45, 2.75) is 49.1 Å². The molecule has 3 heterocycles. The van der Waals surface area contributed by atoms with Gasteiger partial charge in [0, 0.05) is 23.5 Å². The fraction of sp³-hybridized carbons (Fsp3) is 0.167. The van der Waals surface area contributed by atoms with Crippen LogP contribution in [0.25, 0.3) is 67.0 Å². The van der Waals surface area contributed by atoms with Crippen LogP contribution in [0.2, 0.25) is 0 Å². The maximum atomic E-state index is 6.65. The highest BCUT2D eigenvalue weighted by molar-refractivity contribution is 6.62. The molecule has 7 aromatic rings. The predicted octanol–water partition coefficient (Wildman–Crippen LogP) is 8.01. The molecular weight excluding hydrogens is 712 g/mol. The molecule has 1 fully saturated rings. The third-order valence-electron chi connectivity index (χ3n) is 11.5. The smallest absolute Gasteiger partial charge is 0.399 e. The lowest BCUT2D eigenvalue weighted by atomic mass is 9.40. The summed E-state index contributed by atoms with van der Waals surface area (Å²) < 4.78 is 13.3. The Bertz CT molecular complexity index is 2440. The average Bonchev–Trinajstić information content (AvgIpc) is 3.46. The van der Waals surface area contributed by atoms with E-state index in [-0.39, 0.29) is 0 Å². The van der Waals surface area contributed by atoms with Crippen LogP contribution < -0.4 is 5.46 Å². The van der Waals surface area contributed by atoms with Crippen LogP contribution in [-0.2, 0) is 19.5 Å². The summed E-state index contributed by atoms with van der Waals surface area (Å²) >= 11 is 0. The zero-order valence-corrected chi connectivity index (χ0v) is 33.7. The minimum atomic E-state index is -1.45. The number of benzene rings is 5. The van der Waals surface area contributed by atoms with E-state index in [1.165, 1.54) is 0 Å². The summed E-state index contributed by atoms with van der Waals surface area (Å²) in [7, 11) is 34.6. The van der Waals surface area contributed by atoms with Gasteiger partial charge in [-0.3, -0.25) is 9.97 Å². The Balaban J connectivity index is 1.19. The summed E-state index contributed by atoms with van der Waals surface area (Å²) in [6.07, 6.45) is 3.23. The SMILES string of the molecule is [B]C([B])([B])c1ccc(-c2ccc(-c3ccccc3-c3cc(B4OC(C)(C)C(C)(C)O4)cc(-c4ccccc4-c4ccc(-c5ccc(C([B])([B])[B])cn5)cc4)c3)cc2)nc1. The van der Waals surface area contributed by atoms with Gasteiger partial charge >= 0.3 is 7.12 Å². The second-order valence-electron chi connectivity index (χ2n) is 16.4. The van der Waals surface area contributed by atoms with Crippen molar-refractivity contribution in [3.63, 3.8) is 0 Å². The molecule has 0 saturated carbocycles. The Hall–Kier alpha value is -5.23. The van der Waals surface area contributed by atoms with Crippen LogP contribution in [0.3, 0.4) is 0 Å². The van der Waals surface area contributed by atoms with Gasteiger partial charge in [0.1, 0.15) is 0 Å². The lowest BCUT2D eigenvalue weighted by molar-refractivity contribution is 0.00578. The summed E-state index contributed by atoms with van der Waals surface area (Å²) in [5.74, 6) is 0. The molecule has 1 aliphatic heterocycles. The zero-order chi connectivity index (χ0) is 41.7. The molecule has 0 unspecified atom stereocenters. The maximum Gasteiger partial charge on any atom is 0.494 e. The first-order valence-electron chi connectivity index (χ1n) is 19.5. The molecule has 12 radical (unpaired) electrons. The molecule has 0 aliphatic carbocycles. The molecule has 8 rings (SSSR count). The van der Waals surface area contributed by atoms with Gasteiger partial charge in [-0.1, -0.05) is 121 Å². The van der Waals surface area contributed by atoms with Crippen LogP contribution >= 0.6 is 0 Å². The second-order valence-corrected chi connectivity index (χ2v) is 16.4. The van der Waals surface area contributed by atoms with Gasteiger partial charge in [-0.05, 0) is 107 Å². The molecule has 5 aromatic carbocycles. The van der Waals surface area contributed by atoms with E-state index < -0.39 is 28.5 Å². The lowest BCUT2D eigenvalue weighted by Gasteiger charge is -2.32. The fourth-order valence-electron chi connectivity index (χ4n) is 7.33. The van der Waals surface area contributed by atoms with Gasteiger partial charge in [-0.2, -0.15) is 0 Å². The second kappa shape index (κ2) is 15.4. The number of hydrogen-bond donors (Lipinski definition) is 0. The average molecular weight is 750 g/mol. The van der Waals surface area contributed by atoms with Crippen molar-refractivity contribution in [2.24, 2.45) is 0 Å². The molecule has 0 N–H and O–H groups in total. The van der Waals surface area contributed by atoms with Crippen LogP contribution in [0.5, 0.6) is 0 Å². The summed E-state index contributed by atoms with van der Waals surface area (Å²) in [5, 5.41) is -2.90. The number of pyridine rings is 2. The Morgan fingerprint density at radius 2 is 0.763 bits per heavy atom. The third kappa shape index (κ3) is 8.33. The lowest BCUT2D eigenvalue weighted by Crippen LogP contribution is -2.41. The van der Waals surface area contributed by atoms with Gasteiger partial charge in [0.25, 0.3) is 0 Å². The van der Waals surface area contributed by atoms with Crippen LogP contribution in [0, 0.1) is 0 Å². The van der Waals surface area contributed by atoms with Gasteiger partial charge in [-0.15, -0.1) is 10.2 Å². The molecule has 272 valence electrons. The summed E-state index contributed by atoms with van der Waals surface area (Å²) in [6, 6.07) is 47.6. The quantitative estimate of drug-likeness (QED) is 0.141. The molecule has 59 heavy (non-hydrogen) atoms. The number of rotatable bonds is 9. The molecule has 0 atom stereocenters. The minimum absolute atomic E-state index is 0.512. The van der Waals surface area contributed by atoms with Crippen molar-refractivity contribution < 1.29 is 9.31 Å². The van der Waals surface area contributed by atoms with E-state index in [1.807, 2.05) is 12.1 Å². The van der Waals surface area contributed by atoms with E-state index in [0.29, 0.717) is 11.1 Å². The Kier molecular flexibility index (Phi) is 10.6. The van der Waals surface area contributed by atoms with Crippen molar-refractivity contribution in [1.29, 1.82) is 0 Å². The highest BCUT2D eigenvalue weighted by Crippen LogP contribution is 2.40. The molecule has 4 nitrogen and oxygen atoms in total. The highest BCUT2D eigenvalue weighted by atomic mass is 16.7. The summed E-state index contributed by atoms with van der Waals surface area (Å²) in [6.45, 7) is 8.31. The van der Waals surface area contributed by atoms with Crippen molar-refractivity contribution >= 4 is 59.7 Å². The van der Waals surface area contributed by atoms with Crippen molar-refractivity contribution in [2.75, 3.05) is 0 Å². The van der Waals surface area contributed by atoms with Crippen LogP contribution in [-0.4, -0.2) is 75.4 Å². The van der Waals surface area contributed by atoms with Crippen molar-refractivity contribution in [3.8, 4) is 67.0 Å². The van der Waals surface area contributed by atoms with Gasteiger partial charge in [0.05, 0.1) is 69.7 Å². The van der Waals surface area contributed by atoms with Gasteiger partial charge in [0.2, 0.25) is 0 Å². The minimum Gasteiger partial charge on any atom is -0.399 e. The standard InChI is InChI=1S/C48H37B7N2O2/c1-45(2)46(3,4)59-55(58-45)38-26-34(41-11-7-5-9-39(41)30-13-17-32(18-14-30)43-23-21-36(28-56-43)47(49,50)51)25-35(27-38)42-12-8-6-10-40(42)31-15-19-33(20-16-31)44-24-22-37(29-57-44)48(52,53)54/h5-29H,1-4H3. The van der Waals surface area contributed by atoms with Crippen molar-refractivity contribution in [1.82, 2.24) is 9.97 Å². The van der Waals surface area contributed by atoms with Crippen LogP contribution in [0.1, 0.15) is 38.8 Å². The largest absolute Gasteiger partial charge is 0.494 e. The Morgan fingerprint density at radius 1 is 0.424 bits per heavy atom. The number of nitrogens with zero attached hydrogens (tertiary/aromatic N) is 2. The van der Waals surface area contributed by atoms with E-state index in [2.05, 4.69) is 153 Å². The Labute approximate surface area is 356 Å². The highest BCUT2D eigenvalue weighted by Gasteiger charge is 2.51. The first kappa shape index (κ1) is 40.5. The van der Waals surface area contributed by atoms with Crippen LogP contribution in [0.4, 0.5) is 0 Å². The van der Waals surface area contributed by atoms with Gasteiger partial charge in [-0.25, -0.2) is 0 Å². The summed E-state index contributed by atoms with van der Waals surface area (Å²) in [5.41, 5.74) is 13.0. The molecule has 2 aromatic heterocycles.